The molecule has 0 aromatic rings. The van der Waals surface area contributed by atoms with Crippen LogP contribution in [0.25, 0.3) is 0 Å². The van der Waals surface area contributed by atoms with Crippen LogP contribution in [-0.4, -0.2) is 42.8 Å². The van der Waals surface area contributed by atoms with Gasteiger partial charge in [0.15, 0.2) is 0 Å². The minimum Gasteiger partial charge on any atom is -0.377 e. The first-order valence-corrected chi connectivity index (χ1v) is 8.95. The summed E-state index contributed by atoms with van der Waals surface area (Å²) in [5.74, 6) is 0.570. The molecular weight excluding hydrogens is 260 g/mol. The molecule has 0 radical (unpaired) electrons. The maximum absolute atomic E-state index is 6.94. The minimum absolute atomic E-state index is 0.0575. The summed E-state index contributed by atoms with van der Waals surface area (Å²) < 4.78 is 6.03. The number of hydrogen-bond acceptors (Lipinski definition) is 3. The second-order valence-corrected chi connectivity index (χ2v) is 8.74. The minimum atomic E-state index is -0.0575. The second kappa shape index (κ2) is 5.21. The number of piperidine rings is 1. The van der Waals surface area contributed by atoms with Gasteiger partial charge in [-0.3, -0.25) is 0 Å². The fourth-order valence-corrected chi connectivity index (χ4v) is 4.96. The number of nitrogens with zero attached hydrogens (tertiary/aromatic N) is 1. The van der Waals surface area contributed by atoms with E-state index in [1.807, 2.05) is 0 Å². The third kappa shape index (κ3) is 2.36. The largest absolute Gasteiger partial charge is 0.377 e. The van der Waals surface area contributed by atoms with Crippen molar-refractivity contribution < 1.29 is 4.74 Å². The molecule has 0 aromatic carbocycles. The average Bonchev–Trinajstić information content (AvgIpc) is 2.49. The molecule has 0 aromatic heterocycles. The van der Waals surface area contributed by atoms with Gasteiger partial charge in [0.25, 0.3) is 0 Å². The van der Waals surface area contributed by atoms with Crippen LogP contribution in [0.3, 0.4) is 0 Å². The molecule has 1 saturated carbocycles. The lowest BCUT2D eigenvalue weighted by Gasteiger charge is -2.67. The molecule has 0 spiro atoms. The molecule has 0 bridgehead atoms. The number of fused-ring (bicyclic) bond motifs is 1. The van der Waals surface area contributed by atoms with Crippen LogP contribution in [0.5, 0.6) is 0 Å². The SMILES string of the molecule is CCC1(C)CCN(CC2(N)C3CCCOC3C2(C)C)CC1. The normalized spacial score (nSPS) is 42.1. The molecule has 1 aliphatic carbocycles. The summed E-state index contributed by atoms with van der Waals surface area (Å²) in [7, 11) is 0. The van der Waals surface area contributed by atoms with E-state index >= 15 is 0 Å². The molecule has 2 saturated heterocycles. The van der Waals surface area contributed by atoms with Crippen LogP contribution < -0.4 is 5.73 Å². The maximum atomic E-state index is 6.94. The van der Waals surface area contributed by atoms with E-state index in [1.165, 1.54) is 45.2 Å². The van der Waals surface area contributed by atoms with E-state index in [4.69, 9.17) is 10.5 Å². The van der Waals surface area contributed by atoms with Gasteiger partial charge in [-0.05, 0) is 44.2 Å². The molecule has 2 aliphatic heterocycles. The summed E-state index contributed by atoms with van der Waals surface area (Å²) in [6.45, 7) is 13.8. The van der Waals surface area contributed by atoms with Crippen LogP contribution in [-0.2, 0) is 4.74 Å². The zero-order valence-electron chi connectivity index (χ0n) is 14.5. The van der Waals surface area contributed by atoms with Gasteiger partial charge < -0.3 is 15.4 Å². The molecule has 2 N–H and O–H groups in total. The zero-order chi connectivity index (χ0) is 15.3. The van der Waals surface area contributed by atoms with Crippen molar-refractivity contribution in [3.05, 3.63) is 0 Å². The van der Waals surface area contributed by atoms with Gasteiger partial charge in [0, 0.05) is 30.0 Å². The predicted molar refractivity (Wildman–Crippen MR) is 87.2 cm³/mol. The van der Waals surface area contributed by atoms with Crippen molar-refractivity contribution in [2.45, 2.75) is 71.4 Å². The third-order valence-corrected chi connectivity index (χ3v) is 7.30. The smallest absolute Gasteiger partial charge is 0.0690 e. The summed E-state index contributed by atoms with van der Waals surface area (Å²) in [5.41, 5.74) is 7.56. The molecule has 3 unspecified atom stereocenters. The van der Waals surface area contributed by atoms with Crippen molar-refractivity contribution in [1.29, 1.82) is 0 Å². The molecule has 3 atom stereocenters. The first-order chi connectivity index (χ1) is 9.82. The lowest BCUT2D eigenvalue weighted by atomic mass is 9.46. The Morgan fingerprint density at radius 1 is 1.19 bits per heavy atom. The lowest BCUT2D eigenvalue weighted by Crippen LogP contribution is -2.80. The molecule has 3 nitrogen and oxygen atoms in total. The molecule has 3 fully saturated rings. The summed E-state index contributed by atoms with van der Waals surface area (Å²) in [6.07, 6.45) is 6.78. The summed E-state index contributed by atoms with van der Waals surface area (Å²) in [6, 6.07) is 0. The Labute approximate surface area is 130 Å². The standard InChI is InChI=1S/C18H34N2O/c1-5-17(4)8-10-20(11-9-17)13-18(19)14-7-6-12-21-15(14)16(18,2)3/h14-15H,5-13,19H2,1-4H3. The summed E-state index contributed by atoms with van der Waals surface area (Å²) >= 11 is 0. The molecule has 3 rings (SSSR count). The van der Waals surface area contributed by atoms with E-state index in [0.29, 0.717) is 17.4 Å². The number of likely N-dealkylation sites (tertiary alicyclic amines) is 1. The average molecular weight is 294 g/mol. The highest BCUT2D eigenvalue weighted by atomic mass is 16.5. The van der Waals surface area contributed by atoms with Crippen molar-refractivity contribution in [2.75, 3.05) is 26.2 Å². The Hall–Kier alpha value is -0.120. The number of rotatable bonds is 3. The highest BCUT2D eigenvalue weighted by Gasteiger charge is 2.66. The lowest BCUT2D eigenvalue weighted by molar-refractivity contribution is -0.233. The topological polar surface area (TPSA) is 38.5 Å². The van der Waals surface area contributed by atoms with E-state index in [2.05, 4.69) is 32.6 Å². The van der Waals surface area contributed by atoms with Crippen LogP contribution >= 0.6 is 0 Å². The molecule has 122 valence electrons. The highest BCUT2D eigenvalue weighted by Crippen LogP contribution is 2.57. The van der Waals surface area contributed by atoms with Crippen LogP contribution in [0.1, 0.15) is 59.8 Å². The molecule has 0 amide bonds. The molecule has 3 heteroatoms. The van der Waals surface area contributed by atoms with Crippen molar-refractivity contribution in [1.82, 2.24) is 4.90 Å². The van der Waals surface area contributed by atoms with E-state index in [0.717, 1.165) is 13.2 Å². The molecule has 2 heterocycles. The number of ether oxygens (including phenoxy) is 1. The quantitative estimate of drug-likeness (QED) is 0.869. The Bertz CT molecular complexity index is 387. The number of hydrogen-bond donors (Lipinski definition) is 1. The predicted octanol–water partition coefficient (Wildman–Crippen LogP) is 3.03. The van der Waals surface area contributed by atoms with Crippen LogP contribution in [0, 0.1) is 16.7 Å². The van der Waals surface area contributed by atoms with Crippen LogP contribution in [0.2, 0.25) is 0 Å². The van der Waals surface area contributed by atoms with E-state index in [1.54, 1.807) is 0 Å². The Morgan fingerprint density at radius 3 is 2.48 bits per heavy atom. The van der Waals surface area contributed by atoms with Crippen molar-refractivity contribution in [2.24, 2.45) is 22.5 Å². The van der Waals surface area contributed by atoms with Gasteiger partial charge in [-0.2, -0.15) is 0 Å². The van der Waals surface area contributed by atoms with Gasteiger partial charge in [0.05, 0.1) is 6.10 Å². The van der Waals surface area contributed by atoms with Crippen LogP contribution in [0.15, 0.2) is 0 Å². The van der Waals surface area contributed by atoms with Gasteiger partial charge in [-0.25, -0.2) is 0 Å². The maximum Gasteiger partial charge on any atom is 0.0690 e. The number of nitrogens with two attached hydrogens (primary N) is 1. The third-order valence-electron chi connectivity index (χ3n) is 7.30. The van der Waals surface area contributed by atoms with Gasteiger partial charge in [0.1, 0.15) is 0 Å². The first-order valence-electron chi connectivity index (χ1n) is 8.95. The second-order valence-electron chi connectivity index (χ2n) is 8.74. The Balaban J connectivity index is 1.64. The van der Waals surface area contributed by atoms with Gasteiger partial charge in [-0.1, -0.05) is 34.1 Å². The van der Waals surface area contributed by atoms with Crippen molar-refractivity contribution in [3.8, 4) is 0 Å². The summed E-state index contributed by atoms with van der Waals surface area (Å²) in [5, 5.41) is 0. The first kappa shape index (κ1) is 15.8. The van der Waals surface area contributed by atoms with E-state index < -0.39 is 0 Å². The van der Waals surface area contributed by atoms with Gasteiger partial charge in [-0.15, -0.1) is 0 Å². The fourth-order valence-electron chi connectivity index (χ4n) is 4.96. The molecule has 21 heavy (non-hydrogen) atoms. The monoisotopic (exact) mass is 294 g/mol. The van der Waals surface area contributed by atoms with E-state index in [-0.39, 0.29) is 11.0 Å². The van der Waals surface area contributed by atoms with Gasteiger partial charge in [0.2, 0.25) is 0 Å². The molecular formula is C18H34N2O. The molecule has 3 aliphatic rings. The van der Waals surface area contributed by atoms with Crippen LogP contribution in [0.4, 0.5) is 0 Å². The highest BCUT2D eigenvalue weighted by molar-refractivity contribution is 5.21. The summed E-state index contributed by atoms with van der Waals surface area (Å²) in [4.78, 5) is 2.63. The zero-order valence-corrected chi connectivity index (χ0v) is 14.5. The van der Waals surface area contributed by atoms with Gasteiger partial charge >= 0.3 is 0 Å². The Morgan fingerprint density at radius 2 is 1.86 bits per heavy atom. The van der Waals surface area contributed by atoms with E-state index in [9.17, 15) is 0 Å². The fraction of sp³-hybridized carbons (Fsp3) is 1.00. The Kier molecular flexibility index (Phi) is 3.91. The van der Waals surface area contributed by atoms with Crippen molar-refractivity contribution >= 4 is 0 Å². The van der Waals surface area contributed by atoms with Crippen molar-refractivity contribution in [3.63, 3.8) is 0 Å².